The zero-order chi connectivity index (χ0) is 27.3. The topological polar surface area (TPSA) is 108 Å². The van der Waals surface area contributed by atoms with Crippen molar-refractivity contribution in [3.63, 3.8) is 0 Å². The average Bonchev–Trinajstić information content (AvgIpc) is 3.21. The monoisotopic (exact) mass is 554 g/mol. The third-order valence-electron chi connectivity index (χ3n) is 9.46. The van der Waals surface area contributed by atoms with Gasteiger partial charge < -0.3 is 4.55 Å². The molecule has 0 saturated heterocycles. The third kappa shape index (κ3) is 4.69. The number of ketones is 3. The predicted octanol–water partition coefficient (Wildman–Crippen LogP) is 4.17. The summed E-state index contributed by atoms with van der Waals surface area (Å²) in [5.41, 5.74) is 1.51. The maximum absolute atomic E-state index is 14.0. The van der Waals surface area contributed by atoms with Crippen LogP contribution in [0, 0.1) is 16.7 Å². The minimum absolute atomic E-state index is 0.0496. The van der Waals surface area contributed by atoms with Gasteiger partial charge >= 0.3 is 0 Å². The molecule has 5 atom stereocenters. The molecule has 6 nitrogen and oxygen atoms in total. The van der Waals surface area contributed by atoms with Crippen molar-refractivity contribution in [3.8, 4) is 0 Å². The first-order valence-electron chi connectivity index (χ1n) is 13.3. The molecule has 2 fully saturated rings. The molecule has 0 N–H and O–H groups in total. The number of aryl methyl sites for hydroxylation is 1. The third-order valence-corrected chi connectivity index (χ3v) is 12.9. The van der Waals surface area contributed by atoms with E-state index in [0.717, 1.165) is 31.2 Å². The molecular formula is C30H34O6S2. The Morgan fingerprint density at radius 1 is 0.974 bits per heavy atom. The van der Waals surface area contributed by atoms with Crippen molar-refractivity contribution in [2.75, 3.05) is 17.3 Å². The second-order valence-electron chi connectivity index (χ2n) is 11.6. The number of carbonyl (C=O) groups is 3. The number of Topliss-reactive ketones (excluding diaryl/α,β-unsaturated/α-hetero) is 3. The molecular weight excluding hydrogens is 520 g/mol. The Balaban J connectivity index is 1.51. The minimum atomic E-state index is -4.58. The van der Waals surface area contributed by atoms with Gasteiger partial charge in [0.05, 0.1) is 10.1 Å². The quantitative estimate of drug-likeness (QED) is 0.262. The molecule has 5 unspecified atom stereocenters. The molecule has 5 rings (SSSR count). The van der Waals surface area contributed by atoms with Gasteiger partial charge in [0.1, 0.15) is 0 Å². The number of hydrogen-bond acceptors (Lipinski definition) is 6. The Hall–Kier alpha value is -2.29. The second-order valence-corrected chi connectivity index (χ2v) is 15.1. The Morgan fingerprint density at radius 3 is 2.37 bits per heavy atom. The highest BCUT2D eigenvalue weighted by molar-refractivity contribution is 7.99. The van der Waals surface area contributed by atoms with Crippen LogP contribution in [-0.2, 0) is 38.6 Å². The molecule has 0 aromatic heterocycles. The average molecular weight is 555 g/mol. The summed E-state index contributed by atoms with van der Waals surface area (Å²) in [5.74, 6) is -1.12. The van der Waals surface area contributed by atoms with Crippen LogP contribution in [0.25, 0.3) is 0 Å². The fraction of sp³-hybridized carbons (Fsp3) is 0.500. The molecule has 0 aliphatic heterocycles. The second kappa shape index (κ2) is 10.0. The Labute approximate surface area is 227 Å². The molecule has 2 saturated carbocycles. The Kier molecular flexibility index (Phi) is 7.20. The largest absolute Gasteiger partial charge is 0.748 e. The van der Waals surface area contributed by atoms with E-state index in [1.54, 1.807) is 38.1 Å². The van der Waals surface area contributed by atoms with Crippen LogP contribution < -0.4 is 0 Å². The van der Waals surface area contributed by atoms with Crippen molar-refractivity contribution in [2.45, 2.75) is 57.6 Å². The van der Waals surface area contributed by atoms with Crippen LogP contribution in [0.2, 0.25) is 0 Å². The SMILES string of the molecule is CC12CCC(C([S+](CC(=O)c3ccccc3)CC(=O)c3cccc4c3CCCC4)C1=O)C2(C)CS(=O)(=O)[O-]. The van der Waals surface area contributed by atoms with Crippen molar-refractivity contribution >= 4 is 38.4 Å². The fourth-order valence-electron chi connectivity index (χ4n) is 7.26. The number of carbonyl (C=O) groups excluding carboxylic acids is 3. The van der Waals surface area contributed by atoms with Gasteiger partial charge in [-0.3, -0.25) is 14.4 Å². The van der Waals surface area contributed by atoms with Crippen molar-refractivity contribution in [1.29, 1.82) is 0 Å². The molecule has 8 heteroatoms. The number of benzene rings is 2. The van der Waals surface area contributed by atoms with Crippen LogP contribution in [0.3, 0.4) is 0 Å². The normalized spacial score (nSPS) is 29.2. The Bertz CT molecular complexity index is 1380. The summed E-state index contributed by atoms with van der Waals surface area (Å²) in [6.45, 7) is 3.52. The van der Waals surface area contributed by atoms with E-state index in [-0.39, 0.29) is 34.8 Å². The summed E-state index contributed by atoms with van der Waals surface area (Å²) in [5, 5.41) is -0.614. The standard InChI is InChI=1S/C30H34O6S2/c1-29-16-15-24(30(29,2)19-38(34,35)36)27(28(29)33)37(17-25(31)21-10-4-3-5-11-21)18-26(32)23-14-8-12-20-9-6-7-13-22(20)23/h3-5,8,10-12,14,24,27H,6-7,9,13,15-19H2,1-2H3. The van der Waals surface area contributed by atoms with Gasteiger partial charge in [-0.05, 0) is 49.7 Å². The highest BCUT2D eigenvalue weighted by atomic mass is 32.2. The summed E-state index contributed by atoms with van der Waals surface area (Å²) < 4.78 is 35.8. The number of fused-ring (bicyclic) bond motifs is 3. The first-order chi connectivity index (χ1) is 17.9. The Morgan fingerprint density at radius 2 is 1.66 bits per heavy atom. The van der Waals surface area contributed by atoms with E-state index in [9.17, 15) is 27.4 Å². The predicted molar refractivity (Wildman–Crippen MR) is 148 cm³/mol. The van der Waals surface area contributed by atoms with Gasteiger partial charge in [-0.15, -0.1) is 0 Å². The van der Waals surface area contributed by atoms with E-state index >= 15 is 0 Å². The van der Waals surface area contributed by atoms with Gasteiger partial charge in [-0.25, -0.2) is 8.42 Å². The van der Waals surface area contributed by atoms with Crippen LogP contribution in [0.15, 0.2) is 48.5 Å². The first-order valence-corrected chi connectivity index (χ1v) is 16.5. The van der Waals surface area contributed by atoms with Crippen molar-refractivity contribution in [3.05, 3.63) is 70.8 Å². The van der Waals surface area contributed by atoms with E-state index in [1.165, 1.54) is 5.56 Å². The molecule has 0 spiro atoms. The van der Waals surface area contributed by atoms with Gasteiger partial charge in [0.2, 0.25) is 11.6 Å². The lowest BCUT2D eigenvalue weighted by atomic mass is 9.70. The van der Waals surface area contributed by atoms with Gasteiger partial charge in [-0.1, -0.05) is 62.4 Å². The molecule has 2 aromatic rings. The van der Waals surface area contributed by atoms with Crippen LogP contribution in [0.4, 0.5) is 0 Å². The van der Waals surface area contributed by atoms with Crippen molar-refractivity contribution in [2.24, 2.45) is 16.7 Å². The zero-order valence-electron chi connectivity index (χ0n) is 21.9. The lowest BCUT2D eigenvalue weighted by molar-refractivity contribution is -0.127. The smallest absolute Gasteiger partial charge is 0.212 e. The molecule has 202 valence electrons. The number of rotatable bonds is 9. The van der Waals surface area contributed by atoms with Gasteiger partial charge in [0, 0.05) is 44.5 Å². The van der Waals surface area contributed by atoms with Gasteiger partial charge in [-0.2, -0.15) is 0 Å². The van der Waals surface area contributed by atoms with Crippen molar-refractivity contribution < 1.29 is 27.4 Å². The lowest BCUT2D eigenvalue weighted by Crippen LogP contribution is -2.44. The van der Waals surface area contributed by atoms with Crippen LogP contribution in [0.5, 0.6) is 0 Å². The molecule has 0 amide bonds. The fourth-order valence-corrected chi connectivity index (χ4v) is 11.4. The van der Waals surface area contributed by atoms with E-state index < -0.39 is 42.8 Å². The lowest BCUT2D eigenvalue weighted by Gasteiger charge is -2.36. The molecule has 38 heavy (non-hydrogen) atoms. The van der Waals surface area contributed by atoms with Crippen LogP contribution >= 0.6 is 0 Å². The maximum atomic E-state index is 14.0. The highest BCUT2D eigenvalue weighted by Gasteiger charge is 2.73. The first kappa shape index (κ1) is 27.3. The van der Waals surface area contributed by atoms with Gasteiger partial charge in [0.15, 0.2) is 22.5 Å². The summed E-state index contributed by atoms with van der Waals surface area (Å²) >= 11 is 0. The number of hydrogen-bond donors (Lipinski definition) is 0. The minimum Gasteiger partial charge on any atom is -0.748 e. The zero-order valence-corrected chi connectivity index (χ0v) is 23.5. The van der Waals surface area contributed by atoms with Crippen LogP contribution in [0.1, 0.15) is 71.4 Å². The summed E-state index contributed by atoms with van der Waals surface area (Å²) in [7, 11) is -5.52. The molecule has 3 aliphatic carbocycles. The highest BCUT2D eigenvalue weighted by Crippen LogP contribution is 2.65. The van der Waals surface area contributed by atoms with E-state index in [2.05, 4.69) is 6.07 Å². The molecule has 0 heterocycles. The van der Waals surface area contributed by atoms with E-state index in [0.29, 0.717) is 24.0 Å². The van der Waals surface area contributed by atoms with Gasteiger partial charge in [0.25, 0.3) is 0 Å². The van der Waals surface area contributed by atoms with Crippen LogP contribution in [-0.4, -0.2) is 52.8 Å². The molecule has 0 radical (unpaired) electrons. The molecule has 3 aliphatic rings. The summed E-state index contributed by atoms with van der Waals surface area (Å²) in [6, 6.07) is 14.7. The van der Waals surface area contributed by atoms with E-state index in [1.807, 2.05) is 18.2 Å². The van der Waals surface area contributed by atoms with E-state index in [4.69, 9.17) is 0 Å². The summed E-state index contributed by atoms with van der Waals surface area (Å²) in [4.78, 5) is 41.2. The maximum Gasteiger partial charge on any atom is 0.212 e. The summed E-state index contributed by atoms with van der Waals surface area (Å²) in [6.07, 6.45) is 5.03. The molecule has 2 bridgehead atoms. The molecule has 2 aromatic carbocycles. The van der Waals surface area contributed by atoms with Crippen molar-refractivity contribution in [1.82, 2.24) is 0 Å².